The SMILES string of the molecule is CCOC(=O)c1ccc(-c2ccc(/C=C(\C#N)C(=O)NCc3cccs3)o2)cc1. The molecule has 0 radical (unpaired) electrons. The fourth-order valence-corrected chi connectivity index (χ4v) is 3.18. The van der Waals surface area contributed by atoms with Crippen LogP contribution in [0.2, 0.25) is 0 Å². The van der Waals surface area contributed by atoms with Gasteiger partial charge in [-0.2, -0.15) is 5.26 Å². The fraction of sp³-hybridized carbons (Fsp3) is 0.136. The van der Waals surface area contributed by atoms with Gasteiger partial charge in [-0.1, -0.05) is 18.2 Å². The molecule has 0 saturated heterocycles. The molecular formula is C22H18N2O4S. The van der Waals surface area contributed by atoms with Crippen molar-refractivity contribution < 1.29 is 18.7 Å². The van der Waals surface area contributed by atoms with E-state index >= 15 is 0 Å². The number of nitrogens with one attached hydrogen (secondary N) is 1. The molecule has 2 aromatic heterocycles. The van der Waals surface area contributed by atoms with Gasteiger partial charge in [0.05, 0.1) is 18.7 Å². The summed E-state index contributed by atoms with van der Waals surface area (Å²) in [5.74, 6) is 0.104. The van der Waals surface area contributed by atoms with Crippen LogP contribution in [-0.4, -0.2) is 18.5 Å². The van der Waals surface area contributed by atoms with E-state index in [-0.39, 0.29) is 11.5 Å². The highest BCUT2D eigenvalue weighted by molar-refractivity contribution is 7.09. The summed E-state index contributed by atoms with van der Waals surface area (Å²) in [5, 5.41) is 13.9. The number of amides is 1. The molecule has 0 unspecified atom stereocenters. The van der Waals surface area contributed by atoms with E-state index in [0.717, 1.165) is 10.4 Å². The maximum Gasteiger partial charge on any atom is 0.338 e. The molecule has 0 aliphatic carbocycles. The first-order valence-corrected chi connectivity index (χ1v) is 9.78. The van der Waals surface area contributed by atoms with Gasteiger partial charge in [0.1, 0.15) is 23.2 Å². The predicted octanol–water partition coefficient (Wildman–Crippen LogP) is 4.41. The number of furan rings is 1. The molecule has 0 atom stereocenters. The smallest absolute Gasteiger partial charge is 0.338 e. The summed E-state index contributed by atoms with van der Waals surface area (Å²) < 4.78 is 10.7. The lowest BCUT2D eigenvalue weighted by atomic mass is 10.1. The van der Waals surface area contributed by atoms with Crippen molar-refractivity contribution >= 4 is 29.3 Å². The van der Waals surface area contributed by atoms with Gasteiger partial charge in [0.2, 0.25) is 0 Å². The van der Waals surface area contributed by atoms with Crippen LogP contribution in [0.25, 0.3) is 17.4 Å². The van der Waals surface area contributed by atoms with Gasteiger partial charge >= 0.3 is 5.97 Å². The summed E-state index contributed by atoms with van der Waals surface area (Å²) in [4.78, 5) is 24.9. The van der Waals surface area contributed by atoms with E-state index in [1.54, 1.807) is 43.3 Å². The molecule has 146 valence electrons. The average Bonchev–Trinajstić information content (AvgIpc) is 3.42. The van der Waals surface area contributed by atoms with Crippen LogP contribution in [0.3, 0.4) is 0 Å². The lowest BCUT2D eigenvalue weighted by Gasteiger charge is -2.03. The van der Waals surface area contributed by atoms with E-state index in [9.17, 15) is 14.9 Å². The number of hydrogen-bond donors (Lipinski definition) is 1. The van der Waals surface area contributed by atoms with Gasteiger partial charge in [0, 0.05) is 16.5 Å². The molecule has 0 bridgehead atoms. The third kappa shape index (κ3) is 5.21. The minimum Gasteiger partial charge on any atom is -0.462 e. The lowest BCUT2D eigenvalue weighted by Crippen LogP contribution is -2.23. The van der Waals surface area contributed by atoms with Crippen LogP contribution < -0.4 is 5.32 Å². The number of thiophene rings is 1. The second-order valence-electron chi connectivity index (χ2n) is 5.93. The summed E-state index contributed by atoms with van der Waals surface area (Å²) in [7, 11) is 0. The van der Waals surface area contributed by atoms with E-state index in [4.69, 9.17) is 9.15 Å². The van der Waals surface area contributed by atoms with E-state index in [0.29, 0.717) is 30.2 Å². The monoisotopic (exact) mass is 406 g/mol. The predicted molar refractivity (Wildman–Crippen MR) is 110 cm³/mol. The Balaban J connectivity index is 1.70. The molecule has 0 spiro atoms. The summed E-state index contributed by atoms with van der Waals surface area (Å²) in [6.45, 7) is 2.43. The molecule has 29 heavy (non-hydrogen) atoms. The number of benzene rings is 1. The topological polar surface area (TPSA) is 92.3 Å². The number of carbonyl (C=O) groups is 2. The second kappa shape index (κ2) is 9.53. The summed E-state index contributed by atoms with van der Waals surface area (Å²) in [6.07, 6.45) is 1.40. The Kier molecular flexibility index (Phi) is 6.61. The van der Waals surface area contributed by atoms with Gasteiger partial charge in [-0.05, 0) is 42.6 Å². The van der Waals surface area contributed by atoms with Crippen molar-refractivity contribution in [1.82, 2.24) is 5.32 Å². The van der Waals surface area contributed by atoms with Gasteiger partial charge in [0.25, 0.3) is 5.91 Å². The number of ether oxygens (including phenoxy) is 1. The van der Waals surface area contributed by atoms with Crippen molar-refractivity contribution in [2.24, 2.45) is 0 Å². The van der Waals surface area contributed by atoms with Crippen LogP contribution in [-0.2, 0) is 16.1 Å². The summed E-state index contributed by atoms with van der Waals surface area (Å²) in [6, 6.07) is 15.9. The summed E-state index contributed by atoms with van der Waals surface area (Å²) >= 11 is 1.53. The number of nitrogens with zero attached hydrogens (tertiary/aromatic N) is 1. The van der Waals surface area contributed by atoms with Crippen LogP contribution in [0.1, 0.15) is 27.9 Å². The molecule has 1 N–H and O–H groups in total. The quantitative estimate of drug-likeness (QED) is 0.356. The Bertz CT molecular complexity index is 1060. The van der Waals surface area contributed by atoms with Gasteiger partial charge in [0.15, 0.2) is 0 Å². The van der Waals surface area contributed by atoms with Gasteiger partial charge in [-0.15, -0.1) is 11.3 Å². The second-order valence-corrected chi connectivity index (χ2v) is 6.96. The van der Waals surface area contributed by atoms with Crippen molar-refractivity contribution in [3.05, 3.63) is 75.7 Å². The van der Waals surface area contributed by atoms with Crippen LogP contribution in [0.15, 0.2) is 63.9 Å². The summed E-state index contributed by atoms with van der Waals surface area (Å²) in [5.41, 5.74) is 1.18. The molecule has 1 aromatic carbocycles. The molecule has 0 fully saturated rings. The highest BCUT2D eigenvalue weighted by atomic mass is 32.1. The minimum absolute atomic E-state index is 0.0416. The van der Waals surface area contributed by atoms with E-state index in [2.05, 4.69) is 5.32 Å². The maximum absolute atomic E-state index is 12.2. The van der Waals surface area contributed by atoms with E-state index in [1.165, 1.54) is 17.4 Å². The molecule has 7 heteroatoms. The number of nitriles is 1. The normalized spacial score (nSPS) is 11.0. The van der Waals surface area contributed by atoms with Gasteiger partial charge in [-0.3, -0.25) is 4.79 Å². The Labute approximate surface area is 172 Å². The first-order valence-electron chi connectivity index (χ1n) is 8.90. The number of carbonyl (C=O) groups excluding carboxylic acids is 2. The third-order valence-corrected chi connectivity index (χ3v) is 4.84. The zero-order chi connectivity index (χ0) is 20.6. The molecule has 3 rings (SSSR count). The van der Waals surface area contributed by atoms with Crippen molar-refractivity contribution in [2.45, 2.75) is 13.5 Å². The minimum atomic E-state index is -0.461. The molecule has 3 aromatic rings. The van der Waals surface area contributed by atoms with Crippen molar-refractivity contribution in [1.29, 1.82) is 5.26 Å². The first-order chi connectivity index (χ1) is 14.1. The van der Waals surface area contributed by atoms with E-state index in [1.807, 2.05) is 23.6 Å². The molecule has 2 heterocycles. The van der Waals surface area contributed by atoms with Crippen LogP contribution >= 0.6 is 11.3 Å². The first kappa shape index (κ1) is 20.1. The standard InChI is InChI=1S/C22H18N2O4S/c1-2-27-22(26)16-7-5-15(6-8-16)20-10-9-18(28-20)12-17(13-23)21(25)24-14-19-4-3-11-29-19/h3-12H,2,14H2,1H3,(H,24,25)/b17-12+. The van der Waals surface area contributed by atoms with E-state index < -0.39 is 5.91 Å². The zero-order valence-corrected chi connectivity index (χ0v) is 16.5. The van der Waals surface area contributed by atoms with Crippen molar-refractivity contribution in [3.63, 3.8) is 0 Å². The fourth-order valence-electron chi connectivity index (χ4n) is 2.54. The number of hydrogen-bond acceptors (Lipinski definition) is 6. The number of rotatable bonds is 7. The van der Waals surface area contributed by atoms with Crippen LogP contribution in [0, 0.1) is 11.3 Å². The maximum atomic E-state index is 12.2. The highest BCUT2D eigenvalue weighted by Gasteiger charge is 2.12. The lowest BCUT2D eigenvalue weighted by molar-refractivity contribution is -0.117. The molecule has 1 amide bonds. The number of esters is 1. The highest BCUT2D eigenvalue weighted by Crippen LogP contribution is 2.24. The molecule has 6 nitrogen and oxygen atoms in total. The molecular weight excluding hydrogens is 388 g/mol. The average molecular weight is 406 g/mol. The van der Waals surface area contributed by atoms with Crippen LogP contribution in [0.4, 0.5) is 0 Å². The molecule has 0 aliphatic rings. The Hall–Kier alpha value is -3.63. The zero-order valence-electron chi connectivity index (χ0n) is 15.7. The van der Waals surface area contributed by atoms with Gasteiger partial charge in [-0.25, -0.2) is 4.79 Å². The van der Waals surface area contributed by atoms with Crippen LogP contribution in [0.5, 0.6) is 0 Å². The Morgan fingerprint density at radius 1 is 1.21 bits per heavy atom. The molecule has 0 saturated carbocycles. The third-order valence-electron chi connectivity index (χ3n) is 3.96. The Morgan fingerprint density at radius 2 is 2.00 bits per heavy atom. The van der Waals surface area contributed by atoms with Gasteiger partial charge < -0.3 is 14.5 Å². The van der Waals surface area contributed by atoms with Crippen molar-refractivity contribution in [3.8, 4) is 17.4 Å². The largest absolute Gasteiger partial charge is 0.462 e. The Morgan fingerprint density at radius 3 is 2.66 bits per heavy atom. The molecule has 0 aliphatic heterocycles. The van der Waals surface area contributed by atoms with Crippen molar-refractivity contribution in [2.75, 3.05) is 6.61 Å².